The molecule has 1 N–H and O–H groups in total. The number of anilines is 2. The number of aryl methyl sites for hydroxylation is 1. The lowest BCUT2D eigenvalue weighted by Crippen LogP contribution is -2.39. The third-order valence-electron chi connectivity index (χ3n) is 5.40. The molecule has 0 aliphatic carbocycles. The quantitative estimate of drug-likeness (QED) is 0.797. The second-order valence-corrected chi connectivity index (χ2v) is 7.84. The molecule has 8 heteroatoms. The van der Waals surface area contributed by atoms with Gasteiger partial charge in [-0.15, -0.1) is 0 Å². The largest absolute Gasteiger partial charge is 0.486 e. The Morgan fingerprint density at radius 2 is 1.81 bits per heavy atom. The summed E-state index contributed by atoms with van der Waals surface area (Å²) in [7, 11) is 1.58. The maximum absolute atomic E-state index is 12.9. The molecule has 0 radical (unpaired) electrons. The summed E-state index contributed by atoms with van der Waals surface area (Å²) in [6, 6.07) is 12.8. The number of carbonyl (C=O) groups is 3. The molecule has 31 heavy (non-hydrogen) atoms. The predicted molar refractivity (Wildman–Crippen MR) is 115 cm³/mol. The molecule has 1 atom stereocenters. The summed E-state index contributed by atoms with van der Waals surface area (Å²) in [6.45, 7) is 3.11. The van der Waals surface area contributed by atoms with E-state index in [-0.39, 0.29) is 37.2 Å². The van der Waals surface area contributed by atoms with Crippen LogP contribution >= 0.6 is 0 Å². The van der Waals surface area contributed by atoms with Crippen LogP contribution in [0, 0.1) is 12.8 Å². The van der Waals surface area contributed by atoms with Crippen LogP contribution < -0.4 is 19.7 Å². The molecule has 4 rings (SSSR count). The number of carbonyl (C=O) groups excluding carboxylic acids is 3. The first-order chi connectivity index (χ1) is 14.9. The van der Waals surface area contributed by atoms with E-state index in [1.54, 1.807) is 30.1 Å². The number of hydrogen-bond donors (Lipinski definition) is 1. The van der Waals surface area contributed by atoms with Crippen molar-refractivity contribution >= 4 is 29.1 Å². The second kappa shape index (κ2) is 8.67. The first-order valence-electron chi connectivity index (χ1n) is 10.2. The zero-order valence-electron chi connectivity index (χ0n) is 17.6. The Bertz CT molecular complexity index is 1000. The Kier molecular flexibility index (Phi) is 5.79. The molecule has 1 fully saturated rings. The van der Waals surface area contributed by atoms with Crippen molar-refractivity contribution in [2.45, 2.75) is 13.3 Å². The molecular formula is C23H25N3O5. The summed E-state index contributed by atoms with van der Waals surface area (Å²) >= 11 is 0. The van der Waals surface area contributed by atoms with Gasteiger partial charge in [0.25, 0.3) is 0 Å². The van der Waals surface area contributed by atoms with E-state index < -0.39 is 5.92 Å². The van der Waals surface area contributed by atoms with Crippen LogP contribution in [0.4, 0.5) is 11.4 Å². The Morgan fingerprint density at radius 3 is 2.55 bits per heavy atom. The first-order valence-corrected chi connectivity index (χ1v) is 10.2. The molecule has 0 bridgehead atoms. The molecular weight excluding hydrogens is 398 g/mol. The lowest BCUT2D eigenvalue weighted by Gasteiger charge is -2.23. The monoisotopic (exact) mass is 423 g/mol. The fourth-order valence-corrected chi connectivity index (χ4v) is 3.76. The average molecular weight is 423 g/mol. The zero-order valence-corrected chi connectivity index (χ0v) is 17.6. The van der Waals surface area contributed by atoms with Gasteiger partial charge in [0.2, 0.25) is 17.7 Å². The Morgan fingerprint density at radius 1 is 1.10 bits per heavy atom. The normalized spacial score (nSPS) is 17.4. The zero-order chi connectivity index (χ0) is 22.0. The number of nitrogens with zero attached hydrogens (tertiary/aromatic N) is 2. The van der Waals surface area contributed by atoms with Crippen LogP contribution in [0.25, 0.3) is 0 Å². The molecule has 0 spiro atoms. The minimum absolute atomic E-state index is 0.0819. The highest BCUT2D eigenvalue weighted by molar-refractivity contribution is 6.01. The highest BCUT2D eigenvalue weighted by Gasteiger charge is 2.37. The van der Waals surface area contributed by atoms with Crippen LogP contribution in [0.15, 0.2) is 42.5 Å². The minimum Gasteiger partial charge on any atom is -0.486 e. The third-order valence-corrected chi connectivity index (χ3v) is 5.40. The van der Waals surface area contributed by atoms with Crippen LogP contribution in [-0.2, 0) is 14.4 Å². The van der Waals surface area contributed by atoms with Gasteiger partial charge >= 0.3 is 0 Å². The summed E-state index contributed by atoms with van der Waals surface area (Å²) in [4.78, 5) is 40.7. The summed E-state index contributed by atoms with van der Waals surface area (Å²) in [5.41, 5.74) is 2.44. The SMILES string of the molecule is Cc1ccc(NC(=O)CN(C)C(=O)C2CC(=O)N(c3ccc4c(c3)OCCO4)C2)cc1. The van der Waals surface area contributed by atoms with Crippen molar-refractivity contribution in [3.8, 4) is 11.5 Å². The summed E-state index contributed by atoms with van der Waals surface area (Å²) in [6.07, 6.45) is 0.108. The van der Waals surface area contributed by atoms with Gasteiger partial charge in [0.1, 0.15) is 13.2 Å². The van der Waals surface area contributed by atoms with Crippen LogP contribution in [0.2, 0.25) is 0 Å². The first kappa shape index (κ1) is 20.7. The molecule has 2 aliphatic heterocycles. The molecule has 1 unspecified atom stereocenters. The summed E-state index contributed by atoms with van der Waals surface area (Å²) < 4.78 is 11.1. The lowest BCUT2D eigenvalue weighted by molar-refractivity contribution is -0.137. The van der Waals surface area contributed by atoms with Gasteiger partial charge in [-0.05, 0) is 31.2 Å². The van der Waals surface area contributed by atoms with Crippen molar-refractivity contribution in [2.75, 3.05) is 43.6 Å². The van der Waals surface area contributed by atoms with Gasteiger partial charge in [-0.25, -0.2) is 0 Å². The topological polar surface area (TPSA) is 88.2 Å². The molecule has 2 aromatic rings. The van der Waals surface area contributed by atoms with E-state index in [2.05, 4.69) is 5.32 Å². The van der Waals surface area contributed by atoms with E-state index in [0.717, 1.165) is 5.56 Å². The number of hydrogen-bond acceptors (Lipinski definition) is 5. The van der Waals surface area contributed by atoms with Crippen molar-refractivity contribution < 1.29 is 23.9 Å². The maximum atomic E-state index is 12.9. The van der Waals surface area contributed by atoms with Crippen molar-refractivity contribution in [1.82, 2.24) is 4.90 Å². The van der Waals surface area contributed by atoms with Gasteiger partial charge in [-0.3, -0.25) is 14.4 Å². The number of benzene rings is 2. The lowest BCUT2D eigenvalue weighted by atomic mass is 10.1. The van der Waals surface area contributed by atoms with Crippen LogP contribution in [0.3, 0.4) is 0 Å². The van der Waals surface area contributed by atoms with E-state index in [9.17, 15) is 14.4 Å². The number of fused-ring (bicyclic) bond motifs is 1. The van der Waals surface area contributed by atoms with Gasteiger partial charge < -0.3 is 24.6 Å². The number of amides is 3. The van der Waals surface area contributed by atoms with E-state index in [1.165, 1.54) is 4.90 Å². The van der Waals surface area contributed by atoms with Crippen LogP contribution in [0.5, 0.6) is 11.5 Å². The van der Waals surface area contributed by atoms with E-state index in [4.69, 9.17) is 9.47 Å². The second-order valence-electron chi connectivity index (χ2n) is 7.84. The third kappa shape index (κ3) is 4.63. The molecule has 3 amide bonds. The van der Waals surface area contributed by atoms with E-state index in [0.29, 0.717) is 36.1 Å². The molecule has 8 nitrogen and oxygen atoms in total. The van der Waals surface area contributed by atoms with E-state index in [1.807, 2.05) is 31.2 Å². The van der Waals surface area contributed by atoms with Crippen LogP contribution in [-0.4, -0.2) is 56.0 Å². The molecule has 2 aliphatic rings. The fraction of sp³-hybridized carbons (Fsp3) is 0.348. The maximum Gasteiger partial charge on any atom is 0.243 e. The molecule has 1 saturated heterocycles. The predicted octanol–water partition coefficient (Wildman–Crippen LogP) is 2.22. The summed E-state index contributed by atoms with van der Waals surface area (Å²) in [5.74, 6) is 0.0930. The minimum atomic E-state index is -0.502. The van der Waals surface area contributed by atoms with Gasteiger partial charge in [0.05, 0.1) is 12.5 Å². The van der Waals surface area contributed by atoms with Crippen LogP contribution in [0.1, 0.15) is 12.0 Å². The fourth-order valence-electron chi connectivity index (χ4n) is 3.76. The van der Waals surface area contributed by atoms with Crippen molar-refractivity contribution in [3.63, 3.8) is 0 Å². The Labute approximate surface area is 180 Å². The van der Waals surface area contributed by atoms with E-state index >= 15 is 0 Å². The number of likely N-dealkylation sites (N-methyl/N-ethyl adjacent to an activating group) is 1. The highest BCUT2D eigenvalue weighted by atomic mass is 16.6. The van der Waals surface area contributed by atoms with Gasteiger partial charge in [-0.1, -0.05) is 17.7 Å². The van der Waals surface area contributed by atoms with Gasteiger partial charge in [-0.2, -0.15) is 0 Å². The number of nitrogens with one attached hydrogen (secondary N) is 1. The summed E-state index contributed by atoms with van der Waals surface area (Å²) in [5, 5.41) is 2.78. The smallest absolute Gasteiger partial charge is 0.243 e. The highest BCUT2D eigenvalue weighted by Crippen LogP contribution is 2.36. The van der Waals surface area contributed by atoms with Gasteiger partial charge in [0, 0.05) is 37.5 Å². The Hall–Kier alpha value is -3.55. The number of ether oxygens (including phenoxy) is 2. The molecule has 0 aromatic heterocycles. The molecule has 0 saturated carbocycles. The van der Waals surface area contributed by atoms with Gasteiger partial charge in [0.15, 0.2) is 11.5 Å². The molecule has 2 aromatic carbocycles. The van der Waals surface area contributed by atoms with Crippen molar-refractivity contribution in [3.05, 3.63) is 48.0 Å². The molecule has 2 heterocycles. The number of rotatable bonds is 5. The molecule has 162 valence electrons. The standard InChI is InChI=1S/C23H25N3O5/c1-15-3-5-17(6-4-15)24-21(27)14-25(2)23(29)16-11-22(28)26(13-16)18-7-8-19-20(12-18)31-10-9-30-19/h3-8,12,16H,9-11,13-14H2,1-2H3,(H,24,27). The van der Waals surface area contributed by atoms with Crippen molar-refractivity contribution in [2.24, 2.45) is 5.92 Å². The van der Waals surface area contributed by atoms with Crippen molar-refractivity contribution in [1.29, 1.82) is 0 Å². The Balaban J connectivity index is 1.36. The average Bonchev–Trinajstić information content (AvgIpc) is 3.16.